The van der Waals surface area contributed by atoms with Crippen LogP contribution in [0.3, 0.4) is 0 Å². The number of rotatable bonds is 3. The molecule has 1 saturated heterocycles. The van der Waals surface area contributed by atoms with Crippen LogP contribution in [-0.2, 0) is 14.8 Å². The Morgan fingerprint density at radius 3 is 2.84 bits per heavy atom. The number of hydrogen-bond donors (Lipinski definition) is 2. The summed E-state index contributed by atoms with van der Waals surface area (Å²) in [6.45, 7) is 0.960. The Morgan fingerprint density at radius 1 is 1.47 bits per heavy atom. The van der Waals surface area contributed by atoms with Crippen LogP contribution in [-0.4, -0.2) is 44.3 Å². The predicted octanol–water partition coefficient (Wildman–Crippen LogP) is -0.103. The van der Waals surface area contributed by atoms with Gasteiger partial charge < -0.3 is 11.1 Å². The van der Waals surface area contributed by atoms with E-state index in [1.165, 1.54) is 12.1 Å². The predicted molar refractivity (Wildman–Crippen MR) is 73.9 cm³/mol. The van der Waals surface area contributed by atoms with E-state index in [1.807, 2.05) is 0 Å². The van der Waals surface area contributed by atoms with E-state index in [0.29, 0.717) is 11.0 Å². The summed E-state index contributed by atoms with van der Waals surface area (Å²) in [5.74, 6) is -0.647. The number of carbonyl (C=O) groups is 1. The highest BCUT2D eigenvalue weighted by Gasteiger charge is 2.36. The molecule has 0 aromatic heterocycles. The number of primary amides is 1. The zero-order chi connectivity index (χ0) is 14.0. The third kappa shape index (κ3) is 2.97. The average molecular weight is 348 g/mol. The number of carbonyl (C=O) groups excluding carboxylic acids is 1. The van der Waals surface area contributed by atoms with E-state index in [9.17, 15) is 13.2 Å². The van der Waals surface area contributed by atoms with Gasteiger partial charge in [0.1, 0.15) is 6.04 Å². The van der Waals surface area contributed by atoms with Crippen LogP contribution in [0.25, 0.3) is 0 Å². The van der Waals surface area contributed by atoms with Crippen molar-refractivity contribution in [3.8, 4) is 0 Å². The minimum Gasteiger partial charge on any atom is -0.368 e. The van der Waals surface area contributed by atoms with E-state index >= 15 is 0 Å². The Hall–Kier alpha value is -0.960. The molecule has 1 aliphatic rings. The molecule has 1 unspecified atom stereocenters. The maximum Gasteiger partial charge on any atom is 0.243 e. The maximum atomic E-state index is 12.5. The van der Waals surface area contributed by atoms with Gasteiger partial charge in [-0.25, -0.2) is 8.42 Å². The van der Waals surface area contributed by atoms with E-state index in [4.69, 9.17) is 5.73 Å². The van der Waals surface area contributed by atoms with Crippen LogP contribution < -0.4 is 11.1 Å². The molecule has 104 valence electrons. The molecule has 1 aromatic carbocycles. The summed E-state index contributed by atoms with van der Waals surface area (Å²) in [6.07, 6.45) is 0. The van der Waals surface area contributed by atoms with Crippen LogP contribution in [0.1, 0.15) is 0 Å². The largest absolute Gasteiger partial charge is 0.368 e. The quantitative estimate of drug-likeness (QED) is 0.798. The van der Waals surface area contributed by atoms with Crippen LogP contribution in [0, 0.1) is 0 Å². The highest BCUT2D eigenvalue weighted by Crippen LogP contribution is 2.22. The molecule has 0 spiro atoms. The Balaban J connectivity index is 2.40. The third-order valence-electron chi connectivity index (χ3n) is 2.93. The number of hydrogen-bond acceptors (Lipinski definition) is 4. The molecule has 19 heavy (non-hydrogen) atoms. The average Bonchev–Trinajstić information content (AvgIpc) is 2.38. The first-order valence-corrected chi connectivity index (χ1v) is 7.93. The second-order valence-corrected chi connectivity index (χ2v) is 7.00. The van der Waals surface area contributed by atoms with Gasteiger partial charge in [-0.05, 0) is 18.2 Å². The number of halogens is 1. The first kappa shape index (κ1) is 14.4. The number of piperazine rings is 1. The zero-order valence-electron chi connectivity index (χ0n) is 10.0. The van der Waals surface area contributed by atoms with E-state index in [1.54, 1.807) is 12.1 Å². The highest BCUT2D eigenvalue weighted by atomic mass is 79.9. The first-order chi connectivity index (χ1) is 8.93. The lowest BCUT2D eigenvalue weighted by Crippen LogP contribution is -2.58. The zero-order valence-corrected chi connectivity index (χ0v) is 12.4. The topological polar surface area (TPSA) is 92.5 Å². The van der Waals surface area contributed by atoms with Crippen molar-refractivity contribution in [2.24, 2.45) is 5.73 Å². The number of nitrogens with one attached hydrogen (secondary N) is 1. The van der Waals surface area contributed by atoms with Crippen molar-refractivity contribution in [3.05, 3.63) is 28.7 Å². The van der Waals surface area contributed by atoms with E-state index in [0.717, 1.165) is 4.31 Å². The molecule has 8 heteroatoms. The molecule has 2 rings (SSSR count). The van der Waals surface area contributed by atoms with Crippen LogP contribution in [0.4, 0.5) is 0 Å². The van der Waals surface area contributed by atoms with Gasteiger partial charge in [-0.3, -0.25) is 4.79 Å². The Labute approximate surface area is 120 Å². The van der Waals surface area contributed by atoms with Crippen molar-refractivity contribution in [1.29, 1.82) is 0 Å². The molecule has 1 aromatic rings. The minimum absolute atomic E-state index is 0.148. The van der Waals surface area contributed by atoms with Crippen LogP contribution in [0.5, 0.6) is 0 Å². The normalized spacial score (nSPS) is 21.2. The van der Waals surface area contributed by atoms with Gasteiger partial charge in [-0.1, -0.05) is 22.0 Å². The lowest BCUT2D eigenvalue weighted by molar-refractivity contribution is -0.122. The first-order valence-electron chi connectivity index (χ1n) is 5.70. The van der Waals surface area contributed by atoms with Gasteiger partial charge in [-0.15, -0.1) is 0 Å². The van der Waals surface area contributed by atoms with Gasteiger partial charge in [0.15, 0.2) is 0 Å². The minimum atomic E-state index is -3.72. The Bertz CT molecular complexity index is 591. The fraction of sp³-hybridized carbons (Fsp3) is 0.364. The van der Waals surface area contributed by atoms with Gasteiger partial charge >= 0.3 is 0 Å². The number of nitrogens with two attached hydrogens (primary N) is 1. The maximum absolute atomic E-state index is 12.5. The van der Waals surface area contributed by atoms with E-state index in [-0.39, 0.29) is 18.0 Å². The van der Waals surface area contributed by atoms with E-state index < -0.39 is 22.0 Å². The lowest BCUT2D eigenvalue weighted by atomic mass is 10.2. The van der Waals surface area contributed by atoms with Gasteiger partial charge in [-0.2, -0.15) is 4.31 Å². The monoisotopic (exact) mass is 347 g/mol. The molecular formula is C11H14BrN3O3S. The molecule has 6 nitrogen and oxygen atoms in total. The van der Waals surface area contributed by atoms with Crippen molar-refractivity contribution in [1.82, 2.24) is 9.62 Å². The molecular weight excluding hydrogens is 334 g/mol. The van der Waals surface area contributed by atoms with Crippen molar-refractivity contribution < 1.29 is 13.2 Å². The lowest BCUT2D eigenvalue weighted by Gasteiger charge is -2.33. The van der Waals surface area contributed by atoms with Crippen LogP contribution in [0.2, 0.25) is 0 Å². The SMILES string of the molecule is NC(=O)C1CNCCN1S(=O)(=O)c1cccc(Br)c1. The molecule has 1 fully saturated rings. The summed E-state index contributed by atoms with van der Waals surface area (Å²) in [7, 11) is -3.72. The Morgan fingerprint density at radius 2 is 2.21 bits per heavy atom. The number of benzene rings is 1. The van der Waals surface area contributed by atoms with Gasteiger partial charge in [0.05, 0.1) is 4.90 Å². The van der Waals surface area contributed by atoms with E-state index in [2.05, 4.69) is 21.2 Å². The van der Waals surface area contributed by atoms with Crippen LogP contribution in [0.15, 0.2) is 33.6 Å². The van der Waals surface area contributed by atoms with Crippen molar-refractivity contribution >= 4 is 31.9 Å². The molecule has 0 radical (unpaired) electrons. The standard InChI is InChI=1S/C11H14BrN3O3S/c12-8-2-1-3-9(6-8)19(17,18)15-5-4-14-7-10(15)11(13)16/h1-3,6,10,14H,4-5,7H2,(H2,13,16). The van der Waals surface area contributed by atoms with Gasteiger partial charge in [0.2, 0.25) is 15.9 Å². The number of amides is 1. The molecule has 1 atom stereocenters. The van der Waals surface area contributed by atoms with Crippen LogP contribution >= 0.6 is 15.9 Å². The summed E-state index contributed by atoms with van der Waals surface area (Å²) in [4.78, 5) is 11.5. The van der Waals surface area contributed by atoms with Crippen molar-refractivity contribution in [2.45, 2.75) is 10.9 Å². The van der Waals surface area contributed by atoms with Gasteiger partial charge in [0, 0.05) is 24.1 Å². The second-order valence-electron chi connectivity index (χ2n) is 4.20. The number of nitrogens with zero attached hydrogens (tertiary/aromatic N) is 1. The molecule has 1 amide bonds. The summed E-state index contributed by atoms with van der Waals surface area (Å²) < 4.78 is 26.9. The molecule has 0 bridgehead atoms. The fourth-order valence-corrected chi connectivity index (χ4v) is 4.17. The second kappa shape index (κ2) is 5.58. The van der Waals surface area contributed by atoms with Gasteiger partial charge in [0.25, 0.3) is 0 Å². The summed E-state index contributed by atoms with van der Waals surface area (Å²) >= 11 is 3.24. The molecule has 0 saturated carbocycles. The molecule has 0 aliphatic carbocycles. The summed E-state index contributed by atoms with van der Waals surface area (Å²) in [6, 6.07) is 5.54. The molecule has 3 N–H and O–H groups in total. The highest BCUT2D eigenvalue weighted by molar-refractivity contribution is 9.10. The van der Waals surface area contributed by atoms with Crippen molar-refractivity contribution in [3.63, 3.8) is 0 Å². The smallest absolute Gasteiger partial charge is 0.243 e. The van der Waals surface area contributed by atoms with Crippen molar-refractivity contribution in [2.75, 3.05) is 19.6 Å². The summed E-state index contributed by atoms with van der Waals surface area (Å²) in [5.41, 5.74) is 5.27. The fourth-order valence-electron chi connectivity index (χ4n) is 1.98. The number of sulfonamides is 1. The Kier molecular flexibility index (Phi) is 4.24. The molecule has 1 heterocycles. The molecule has 1 aliphatic heterocycles. The summed E-state index contributed by atoms with van der Waals surface area (Å²) in [5, 5.41) is 2.96. The third-order valence-corrected chi connectivity index (χ3v) is 5.32.